The Bertz CT molecular complexity index is 620. The van der Waals surface area contributed by atoms with E-state index in [1.807, 2.05) is 6.07 Å². The maximum absolute atomic E-state index is 6.08. The number of fused-ring (bicyclic) bond motifs is 1. The molecule has 1 aliphatic rings. The van der Waals surface area contributed by atoms with Gasteiger partial charge in [0.15, 0.2) is 0 Å². The molecule has 1 unspecified atom stereocenters. The molecule has 3 N–H and O–H groups in total. The van der Waals surface area contributed by atoms with E-state index >= 15 is 0 Å². The van der Waals surface area contributed by atoms with E-state index in [0.717, 1.165) is 19.3 Å². The Morgan fingerprint density at radius 3 is 3.05 bits per heavy atom. The van der Waals surface area contributed by atoms with E-state index in [4.69, 9.17) is 22.2 Å². The van der Waals surface area contributed by atoms with Crippen LogP contribution in [0.1, 0.15) is 30.1 Å². The van der Waals surface area contributed by atoms with Crippen LogP contribution in [-0.4, -0.2) is 9.97 Å². The van der Waals surface area contributed by atoms with Crippen LogP contribution in [0.15, 0.2) is 30.5 Å². The van der Waals surface area contributed by atoms with Crippen LogP contribution in [0.3, 0.4) is 0 Å². The van der Waals surface area contributed by atoms with Gasteiger partial charge in [-0.3, -0.25) is 5.43 Å². The number of hydrazine groups is 1. The third-order valence-electron chi connectivity index (χ3n) is 3.41. The summed E-state index contributed by atoms with van der Waals surface area (Å²) in [6, 6.07) is 8.31. The number of benzene rings is 1. The SMILES string of the molecule is NNc1ncc(Cl)c(OC2CCCc3ccccc32)n1. The Labute approximate surface area is 122 Å². The Morgan fingerprint density at radius 1 is 1.35 bits per heavy atom. The van der Waals surface area contributed by atoms with Gasteiger partial charge in [0.1, 0.15) is 11.1 Å². The number of anilines is 1. The molecule has 3 rings (SSSR count). The summed E-state index contributed by atoms with van der Waals surface area (Å²) < 4.78 is 5.98. The van der Waals surface area contributed by atoms with E-state index in [1.165, 1.54) is 17.3 Å². The Balaban J connectivity index is 1.89. The summed E-state index contributed by atoms with van der Waals surface area (Å²) in [6.07, 6.45) is 4.57. The van der Waals surface area contributed by atoms with Crippen molar-refractivity contribution < 1.29 is 4.74 Å². The molecule has 0 aliphatic heterocycles. The average Bonchev–Trinajstić information content (AvgIpc) is 2.50. The van der Waals surface area contributed by atoms with E-state index in [1.54, 1.807) is 0 Å². The van der Waals surface area contributed by atoms with Gasteiger partial charge in [0.2, 0.25) is 11.8 Å². The molecular weight excluding hydrogens is 276 g/mol. The fraction of sp³-hybridized carbons (Fsp3) is 0.286. The van der Waals surface area contributed by atoms with Crippen molar-refractivity contribution in [3.05, 3.63) is 46.6 Å². The van der Waals surface area contributed by atoms with E-state index in [2.05, 4.69) is 33.6 Å². The Hall–Kier alpha value is -1.85. The summed E-state index contributed by atoms with van der Waals surface area (Å²) in [7, 11) is 0. The zero-order chi connectivity index (χ0) is 13.9. The summed E-state index contributed by atoms with van der Waals surface area (Å²) in [4.78, 5) is 8.09. The summed E-state index contributed by atoms with van der Waals surface area (Å²) in [6.45, 7) is 0. The summed E-state index contributed by atoms with van der Waals surface area (Å²) >= 11 is 6.08. The first kappa shape index (κ1) is 13.1. The van der Waals surface area contributed by atoms with E-state index in [-0.39, 0.29) is 12.1 Å². The topological polar surface area (TPSA) is 73.1 Å². The molecule has 1 aromatic heterocycles. The van der Waals surface area contributed by atoms with E-state index in [9.17, 15) is 0 Å². The molecule has 0 bridgehead atoms. The molecule has 1 atom stereocenters. The molecule has 0 fully saturated rings. The van der Waals surface area contributed by atoms with Crippen LogP contribution in [0.4, 0.5) is 5.95 Å². The zero-order valence-electron chi connectivity index (χ0n) is 10.8. The zero-order valence-corrected chi connectivity index (χ0v) is 11.6. The lowest BCUT2D eigenvalue weighted by Gasteiger charge is -2.26. The lowest BCUT2D eigenvalue weighted by molar-refractivity contribution is 0.176. The molecule has 6 heteroatoms. The van der Waals surface area contributed by atoms with Crippen molar-refractivity contribution in [2.75, 3.05) is 5.43 Å². The minimum atomic E-state index is -0.0297. The minimum absolute atomic E-state index is 0.0297. The highest BCUT2D eigenvalue weighted by molar-refractivity contribution is 6.31. The number of nitrogens with one attached hydrogen (secondary N) is 1. The lowest BCUT2D eigenvalue weighted by Crippen LogP contribution is -2.17. The Kier molecular flexibility index (Phi) is 3.71. The standard InChI is InChI=1S/C14H15ClN4O/c15-11-8-17-14(19-16)18-13(11)20-12-7-3-5-9-4-1-2-6-10(9)12/h1-2,4,6,8,12H,3,5,7,16H2,(H,17,18,19). The van der Waals surface area contributed by atoms with Crippen molar-refractivity contribution in [2.45, 2.75) is 25.4 Å². The van der Waals surface area contributed by atoms with Gasteiger partial charge in [-0.15, -0.1) is 0 Å². The molecule has 0 spiro atoms. The van der Waals surface area contributed by atoms with Gasteiger partial charge >= 0.3 is 0 Å². The lowest BCUT2D eigenvalue weighted by atomic mass is 9.89. The van der Waals surface area contributed by atoms with Crippen LogP contribution >= 0.6 is 11.6 Å². The molecule has 0 saturated carbocycles. The van der Waals surface area contributed by atoms with Gasteiger partial charge in [-0.05, 0) is 30.4 Å². The van der Waals surface area contributed by atoms with Crippen LogP contribution in [0.25, 0.3) is 0 Å². The minimum Gasteiger partial charge on any atom is -0.468 e. The number of nitrogen functional groups attached to an aromatic ring is 1. The predicted molar refractivity (Wildman–Crippen MR) is 77.6 cm³/mol. The van der Waals surface area contributed by atoms with E-state index in [0.29, 0.717) is 10.9 Å². The number of ether oxygens (including phenoxy) is 1. The first-order valence-electron chi connectivity index (χ1n) is 6.51. The maximum atomic E-state index is 6.08. The molecule has 104 valence electrons. The molecule has 0 amide bonds. The van der Waals surface area contributed by atoms with Gasteiger partial charge < -0.3 is 4.74 Å². The van der Waals surface area contributed by atoms with Crippen molar-refractivity contribution in [1.29, 1.82) is 0 Å². The van der Waals surface area contributed by atoms with Crippen molar-refractivity contribution in [3.63, 3.8) is 0 Å². The van der Waals surface area contributed by atoms with Crippen molar-refractivity contribution in [1.82, 2.24) is 9.97 Å². The van der Waals surface area contributed by atoms with Crippen molar-refractivity contribution in [2.24, 2.45) is 5.84 Å². The fourth-order valence-corrected chi connectivity index (χ4v) is 2.61. The first-order valence-corrected chi connectivity index (χ1v) is 6.89. The highest BCUT2D eigenvalue weighted by Crippen LogP contribution is 2.35. The van der Waals surface area contributed by atoms with Gasteiger partial charge in [0.25, 0.3) is 0 Å². The van der Waals surface area contributed by atoms with Crippen molar-refractivity contribution in [3.8, 4) is 5.88 Å². The fourth-order valence-electron chi connectivity index (χ4n) is 2.47. The normalized spacial score (nSPS) is 17.4. The number of hydrogen-bond donors (Lipinski definition) is 2. The summed E-state index contributed by atoms with van der Waals surface area (Å²) in [5.74, 6) is 5.95. The van der Waals surface area contributed by atoms with Gasteiger partial charge in [0, 0.05) is 0 Å². The number of rotatable bonds is 3. The highest BCUT2D eigenvalue weighted by Gasteiger charge is 2.22. The van der Waals surface area contributed by atoms with Gasteiger partial charge in [-0.2, -0.15) is 4.98 Å². The van der Waals surface area contributed by atoms with Gasteiger partial charge in [-0.25, -0.2) is 10.8 Å². The molecule has 0 saturated heterocycles. The van der Waals surface area contributed by atoms with Crippen LogP contribution < -0.4 is 16.0 Å². The summed E-state index contributed by atoms with van der Waals surface area (Å²) in [5.41, 5.74) is 4.92. The maximum Gasteiger partial charge on any atom is 0.240 e. The number of halogens is 1. The van der Waals surface area contributed by atoms with Crippen molar-refractivity contribution >= 4 is 17.5 Å². The molecule has 1 aromatic carbocycles. The molecule has 5 nitrogen and oxygen atoms in total. The van der Waals surface area contributed by atoms with Gasteiger partial charge in [-0.1, -0.05) is 35.9 Å². The molecule has 20 heavy (non-hydrogen) atoms. The predicted octanol–water partition coefficient (Wildman–Crippen LogP) is 2.87. The average molecular weight is 291 g/mol. The van der Waals surface area contributed by atoms with E-state index < -0.39 is 0 Å². The smallest absolute Gasteiger partial charge is 0.240 e. The number of aryl methyl sites for hydroxylation is 1. The van der Waals surface area contributed by atoms with Crippen LogP contribution in [0.5, 0.6) is 5.88 Å². The third-order valence-corrected chi connectivity index (χ3v) is 3.67. The monoisotopic (exact) mass is 290 g/mol. The Morgan fingerprint density at radius 2 is 2.20 bits per heavy atom. The summed E-state index contributed by atoms with van der Waals surface area (Å²) in [5, 5.41) is 0.382. The molecule has 0 radical (unpaired) electrons. The number of aromatic nitrogens is 2. The number of nitrogens with two attached hydrogens (primary N) is 1. The second-order valence-corrected chi connectivity index (χ2v) is 5.10. The molecular formula is C14H15ClN4O. The second-order valence-electron chi connectivity index (χ2n) is 4.69. The number of nitrogens with zero attached hydrogens (tertiary/aromatic N) is 2. The van der Waals surface area contributed by atoms with Crippen LogP contribution in [0.2, 0.25) is 5.02 Å². The largest absolute Gasteiger partial charge is 0.468 e. The second kappa shape index (κ2) is 5.64. The highest BCUT2D eigenvalue weighted by atomic mass is 35.5. The molecule has 1 aliphatic carbocycles. The molecule has 2 aromatic rings. The quantitative estimate of drug-likeness (QED) is 0.672. The molecule has 1 heterocycles. The number of hydrogen-bond acceptors (Lipinski definition) is 5. The van der Waals surface area contributed by atoms with Gasteiger partial charge in [0.05, 0.1) is 6.20 Å². The third kappa shape index (κ3) is 2.55. The van der Waals surface area contributed by atoms with Crippen LogP contribution in [0, 0.1) is 0 Å². The van der Waals surface area contributed by atoms with Crippen LogP contribution in [-0.2, 0) is 6.42 Å². The first-order chi connectivity index (χ1) is 9.78.